The Bertz CT molecular complexity index is 678. The Kier molecular flexibility index (Phi) is 5.03. The van der Waals surface area contributed by atoms with E-state index in [1.165, 1.54) is 0 Å². The molecule has 114 valence electrons. The maximum atomic E-state index is 12.6. The van der Waals surface area contributed by atoms with Gasteiger partial charge in [-0.1, -0.05) is 41.6 Å². The monoisotopic (exact) mass is 323 g/mol. The molecule has 2 aromatic rings. The van der Waals surface area contributed by atoms with Crippen LogP contribution in [-0.4, -0.2) is 15.2 Å². The lowest BCUT2D eigenvalue weighted by Gasteiger charge is -2.10. The van der Waals surface area contributed by atoms with Crippen molar-refractivity contribution in [1.29, 1.82) is 5.26 Å². The first kappa shape index (κ1) is 16.3. The highest BCUT2D eigenvalue weighted by Gasteiger charge is 2.33. The molecule has 0 aliphatic carbocycles. The van der Waals surface area contributed by atoms with Gasteiger partial charge in [0, 0.05) is 6.20 Å². The van der Waals surface area contributed by atoms with Crippen molar-refractivity contribution in [3.05, 3.63) is 53.3 Å². The highest BCUT2D eigenvalue weighted by molar-refractivity contribution is 8.00. The van der Waals surface area contributed by atoms with E-state index in [1.807, 2.05) is 31.2 Å². The number of benzene rings is 1. The minimum Gasteiger partial charge on any atom is -0.231 e. The van der Waals surface area contributed by atoms with E-state index >= 15 is 0 Å². The van der Waals surface area contributed by atoms with Gasteiger partial charge in [-0.25, -0.2) is 9.97 Å². The Morgan fingerprint density at radius 1 is 1.23 bits per heavy atom. The zero-order valence-electron chi connectivity index (χ0n) is 11.6. The molecule has 0 spiro atoms. The van der Waals surface area contributed by atoms with Crippen LogP contribution in [0.15, 0.2) is 41.7 Å². The van der Waals surface area contributed by atoms with Crippen molar-refractivity contribution in [2.75, 3.05) is 0 Å². The largest absolute Gasteiger partial charge is 0.433 e. The van der Waals surface area contributed by atoms with Crippen LogP contribution in [-0.2, 0) is 12.6 Å². The molecule has 0 fully saturated rings. The average molecular weight is 323 g/mol. The first-order chi connectivity index (χ1) is 10.4. The second-order valence-corrected chi connectivity index (χ2v) is 5.82. The Balaban J connectivity index is 2.10. The quantitative estimate of drug-likeness (QED) is 0.629. The van der Waals surface area contributed by atoms with Crippen LogP contribution >= 0.6 is 11.8 Å². The standard InChI is InChI=1S/C15H12F3N3S/c1-10-2-4-11(5-3-10)8-12(9-19)22-14-20-7-6-13(21-14)15(16,17)18/h2-7,12H,8H2,1H3/t12-/m0/s1. The molecule has 0 radical (unpaired) electrons. The summed E-state index contributed by atoms with van der Waals surface area (Å²) in [7, 11) is 0. The fraction of sp³-hybridized carbons (Fsp3) is 0.267. The normalized spacial score (nSPS) is 12.7. The molecule has 7 heteroatoms. The number of alkyl halides is 3. The third kappa shape index (κ3) is 4.46. The minimum atomic E-state index is -4.52. The third-order valence-electron chi connectivity index (χ3n) is 2.86. The molecule has 1 atom stereocenters. The van der Waals surface area contributed by atoms with Gasteiger partial charge in [-0.3, -0.25) is 0 Å². The van der Waals surface area contributed by atoms with Crippen molar-refractivity contribution in [1.82, 2.24) is 9.97 Å². The summed E-state index contributed by atoms with van der Waals surface area (Å²) >= 11 is 0.935. The predicted molar refractivity (Wildman–Crippen MR) is 77.2 cm³/mol. The van der Waals surface area contributed by atoms with Gasteiger partial charge in [-0.05, 0) is 25.0 Å². The number of halogens is 3. The Labute approximate surface area is 130 Å². The van der Waals surface area contributed by atoms with Crippen LogP contribution in [0.4, 0.5) is 13.2 Å². The molecular weight excluding hydrogens is 311 g/mol. The second-order valence-electron chi connectivity index (χ2n) is 4.65. The van der Waals surface area contributed by atoms with E-state index in [0.29, 0.717) is 6.42 Å². The molecule has 1 aromatic carbocycles. The van der Waals surface area contributed by atoms with E-state index in [0.717, 1.165) is 35.2 Å². The summed E-state index contributed by atoms with van der Waals surface area (Å²) < 4.78 is 37.8. The number of aryl methyl sites for hydroxylation is 1. The number of nitriles is 1. The summed E-state index contributed by atoms with van der Waals surface area (Å²) in [5.41, 5.74) is 1.04. The molecule has 0 saturated carbocycles. The first-order valence-electron chi connectivity index (χ1n) is 6.40. The van der Waals surface area contributed by atoms with Crippen molar-refractivity contribution in [2.45, 2.75) is 29.9 Å². The highest BCUT2D eigenvalue weighted by Crippen LogP contribution is 2.29. The molecule has 3 nitrogen and oxygen atoms in total. The summed E-state index contributed by atoms with van der Waals surface area (Å²) in [5.74, 6) is 0. The van der Waals surface area contributed by atoms with Crippen LogP contribution in [0.2, 0.25) is 0 Å². The molecule has 2 rings (SSSR count). The molecule has 0 bridgehead atoms. The predicted octanol–water partition coefficient (Wildman–Crippen LogP) is 4.03. The zero-order chi connectivity index (χ0) is 16.2. The van der Waals surface area contributed by atoms with Gasteiger partial charge in [0.15, 0.2) is 5.16 Å². The topological polar surface area (TPSA) is 49.6 Å². The number of hydrogen-bond acceptors (Lipinski definition) is 4. The molecule has 1 aromatic heterocycles. The minimum absolute atomic E-state index is 0.0477. The van der Waals surface area contributed by atoms with E-state index in [4.69, 9.17) is 0 Å². The fourth-order valence-corrected chi connectivity index (χ4v) is 2.59. The van der Waals surface area contributed by atoms with Gasteiger partial charge in [-0.2, -0.15) is 18.4 Å². The van der Waals surface area contributed by atoms with Crippen molar-refractivity contribution in [3.8, 4) is 6.07 Å². The maximum absolute atomic E-state index is 12.6. The number of thioether (sulfide) groups is 1. The molecule has 0 aliphatic rings. The molecule has 22 heavy (non-hydrogen) atoms. The van der Waals surface area contributed by atoms with Crippen molar-refractivity contribution >= 4 is 11.8 Å². The van der Waals surface area contributed by atoms with Gasteiger partial charge < -0.3 is 0 Å². The fourth-order valence-electron chi connectivity index (χ4n) is 1.73. The molecule has 0 N–H and O–H groups in total. The van der Waals surface area contributed by atoms with Crippen molar-refractivity contribution in [3.63, 3.8) is 0 Å². The molecule has 0 saturated heterocycles. The van der Waals surface area contributed by atoms with Crippen LogP contribution in [0.1, 0.15) is 16.8 Å². The average Bonchev–Trinajstić information content (AvgIpc) is 2.48. The second kappa shape index (κ2) is 6.79. The van der Waals surface area contributed by atoms with E-state index in [9.17, 15) is 18.4 Å². The number of rotatable bonds is 4. The summed E-state index contributed by atoms with van der Waals surface area (Å²) in [5, 5.41) is 8.59. The lowest BCUT2D eigenvalue weighted by molar-refractivity contribution is -0.141. The first-order valence-corrected chi connectivity index (χ1v) is 7.28. The zero-order valence-corrected chi connectivity index (χ0v) is 12.4. The lowest BCUT2D eigenvalue weighted by atomic mass is 10.1. The van der Waals surface area contributed by atoms with Crippen LogP contribution in [0.5, 0.6) is 0 Å². The molecule has 1 heterocycles. The molecule has 0 aliphatic heterocycles. The van der Waals surface area contributed by atoms with Crippen molar-refractivity contribution in [2.24, 2.45) is 0 Å². The summed E-state index contributed by atoms with van der Waals surface area (Å²) in [6.07, 6.45) is -3.04. The van der Waals surface area contributed by atoms with Gasteiger partial charge in [0.25, 0.3) is 0 Å². The molecule has 0 unspecified atom stereocenters. The number of aromatic nitrogens is 2. The van der Waals surface area contributed by atoms with Gasteiger partial charge in [0.2, 0.25) is 0 Å². The van der Waals surface area contributed by atoms with Crippen LogP contribution in [0.25, 0.3) is 0 Å². The number of hydrogen-bond donors (Lipinski definition) is 0. The van der Waals surface area contributed by atoms with Gasteiger partial charge in [0.1, 0.15) is 10.9 Å². The van der Waals surface area contributed by atoms with Gasteiger partial charge in [-0.15, -0.1) is 0 Å². The SMILES string of the molecule is Cc1ccc(C[C@@H](C#N)Sc2nccc(C(F)(F)F)n2)cc1. The van der Waals surface area contributed by atoms with E-state index in [1.54, 1.807) is 0 Å². The van der Waals surface area contributed by atoms with Crippen LogP contribution in [0.3, 0.4) is 0 Å². The lowest BCUT2D eigenvalue weighted by Crippen LogP contribution is -2.10. The van der Waals surface area contributed by atoms with Gasteiger partial charge >= 0.3 is 6.18 Å². The van der Waals surface area contributed by atoms with Crippen molar-refractivity contribution < 1.29 is 13.2 Å². The third-order valence-corrected chi connectivity index (χ3v) is 3.82. The van der Waals surface area contributed by atoms with Crippen LogP contribution < -0.4 is 0 Å². The Morgan fingerprint density at radius 2 is 1.91 bits per heavy atom. The Hall–Kier alpha value is -2.07. The Morgan fingerprint density at radius 3 is 2.50 bits per heavy atom. The summed E-state index contributed by atoms with van der Waals surface area (Å²) in [6, 6.07) is 10.5. The number of nitrogens with zero attached hydrogens (tertiary/aromatic N) is 3. The van der Waals surface area contributed by atoms with E-state index < -0.39 is 17.1 Å². The maximum Gasteiger partial charge on any atom is 0.433 e. The van der Waals surface area contributed by atoms with Crippen LogP contribution in [0, 0.1) is 18.3 Å². The molecule has 0 amide bonds. The van der Waals surface area contributed by atoms with E-state index in [2.05, 4.69) is 16.0 Å². The smallest absolute Gasteiger partial charge is 0.231 e. The summed E-state index contributed by atoms with van der Waals surface area (Å²) in [4.78, 5) is 7.26. The summed E-state index contributed by atoms with van der Waals surface area (Å²) in [6.45, 7) is 1.96. The highest BCUT2D eigenvalue weighted by atomic mass is 32.2. The molecular formula is C15H12F3N3S. The van der Waals surface area contributed by atoms with E-state index in [-0.39, 0.29) is 5.16 Å². The van der Waals surface area contributed by atoms with Gasteiger partial charge in [0.05, 0.1) is 6.07 Å².